The Morgan fingerprint density at radius 1 is 1.28 bits per heavy atom. The zero-order valence-electron chi connectivity index (χ0n) is 9.49. The smallest absolute Gasteiger partial charge is 0.349 e. The highest BCUT2D eigenvalue weighted by Crippen LogP contribution is 2.31. The van der Waals surface area contributed by atoms with Crippen LogP contribution in [0.3, 0.4) is 0 Å². The van der Waals surface area contributed by atoms with Gasteiger partial charge in [0.1, 0.15) is 0 Å². The van der Waals surface area contributed by atoms with Crippen molar-refractivity contribution in [2.24, 2.45) is 0 Å². The van der Waals surface area contributed by atoms with E-state index in [9.17, 15) is 25.0 Å². The average Bonchev–Trinajstić information content (AvgIpc) is 2.34. The van der Waals surface area contributed by atoms with Crippen molar-refractivity contribution in [3.8, 4) is 0 Å². The quantitative estimate of drug-likeness (QED) is 0.448. The largest absolute Gasteiger partial charge is 0.469 e. The summed E-state index contributed by atoms with van der Waals surface area (Å²) in [4.78, 5) is 30.9. The summed E-state index contributed by atoms with van der Waals surface area (Å²) in [5.41, 5.74) is -1.02. The summed E-state index contributed by atoms with van der Waals surface area (Å²) in [5, 5.41) is 21.5. The van der Waals surface area contributed by atoms with Crippen LogP contribution in [0.2, 0.25) is 0 Å². The van der Waals surface area contributed by atoms with E-state index < -0.39 is 27.2 Å². The molecule has 1 aromatic carbocycles. The second-order valence-corrected chi connectivity index (χ2v) is 3.38. The van der Waals surface area contributed by atoms with E-state index in [1.54, 1.807) is 0 Å². The van der Waals surface area contributed by atoms with Gasteiger partial charge in [0, 0.05) is 18.1 Å². The molecule has 0 aliphatic rings. The molecule has 1 aromatic rings. The number of hydrogen-bond acceptors (Lipinski definition) is 6. The lowest BCUT2D eigenvalue weighted by molar-refractivity contribution is -0.423. The highest BCUT2D eigenvalue weighted by atomic mass is 16.6. The molecule has 0 unspecified atom stereocenters. The van der Waals surface area contributed by atoms with Gasteiger partial charge in [0.2, 0.25) is 0 Å². The minimum absolute atomic E-state index is 0.0185. The lowest BCUT2D eigenvalue weighted by Crippen LogP contribution is -2.05. The topological polar surface area (TPSA) is 113 Å². The molecule has 1 rings (SSSR count). The van der Waals surface area contributed by atoms with Gasteiger partial charge in [-0.15, -0.1) is 0 Å². The first-order valence-corrected chi connectivity index (χ1v) is 4.95. The van der Waals surface area contributed by atoms with Crippen LogP contribution in [0.5, 0.6) is 0 Å². The van der Waals surface area contributed by atoms with Gasteiger partial charge in [-0.2, -0.15) is 0 Å². The van der Waals surface area contributed by atoms with E-state index in [0.29, 0.717) is 0 Å². The predicted octanol–water partition coefficient (Wildman–Crippen LogP) is 1.61. The molecule has 0 amide bonds. The first-order valence-electron chi connectivity index (χ1n) is 4.95. The molecule has 0 aromatic heterocycles. The molecule has 0 radical (unpaired) electrons. The number of carbonyl (C=O) groups excluding carboxylic acids is 1. The van der Waals surface area contributed by atoms with Crippen molar-refractivity contribution in [3.63, 3.8) is 0 Å². The number of ether oxygens (including phenoxy) is 1. The van der Waals surface area contributed by atoms with E-state index in [-0.39, 0.29) is 18.4 Å². The summed E-state index contributed by atoms with van der Waals surface area (Å²) < 4.78 is 4.41. The Kier molecular flexibility index (Phi) is 4.30. The van der Waals surface area contributed by atoms with Crippen molar-refractivity contribution in [2.75, 3.05) is 7.11 Å². The highest BCUT2D eigenvalue weighted by Gasteiger charge is 2.27. The highest BCUT2D eigenvalue weighted by molar-refractivity contribution is 5.70. The van der Waals surface area contributed by atoms with Crippen LogP contribution in [0.15, 0.2) is 18.2 Å². The van der Waals surface area contributed by atoms with Gasteiger partial charge < -0.3 is 4.74 Å². The van der Waals surface area contributed by atoms with E-state index in [1.807, 2.05) is 0 Å². The maximum atomic E-state index is 11.0. The molecule has 0 fully saturated rings. The summed E-state index contributed by atoms with van der Waals surface area (Å²) in [6, 6.07) is 3.78. The molecule has 0 saturated carbocycles. The van der Waals surface area contributed by atoms with Gasteiger partial charge in [0.25, 0.3) is 0 Å². The zero-order chi connectivity index (χ0) is 13.7. The standard InChI is InChI=1S/C10H10N2O6/c1-18-9(13)6-5-7-3-2-4-8(11(14)15)10(7)12(16)17/h2-4H,5-6H2,1H3. The summed E-state index contributed by atoms with van der Waals surface area (Å²) in [6.45, 7) is 0. The second kappa shape index (κ2) is 5.71. The van der Waals surface area contributed by atoms with Gasteiger partial charge in [-0.3, -0.25) is 25.0 Å². The molecule has 18 heavy (non-hydrogen) atoms. The van der Waals surface area contributed by atoms with Crippen molar-refractivity contribution in [3.05, 3.63) is 44.0 Å². The molecule has 0 bridgehead atoms. The summed E-state index contributed by atoms with van der Waals surface area (Å²) in [5.74, 6) is -0.532. The van der Waals surface area contributed by atoms with Crippen molar-refractivity contribution < 1.29 is 19.4 Å². The van der Waals surface area contributed by atoms with Crippen LogP contribution in [-0.2, 0) is 16.0 Å². The minimum atomic E-state index is -0.820. The van der Waals surface area contributed by atoms with Crippen LogP contribution >= 0.6 is 0 Å². The van der Waals surface area contributed by atoms with Crippen LogP contribution in [0.4, 0.5) is 11.4 Å². The monoisotopic (exact) mass is 254 g/mol. The Balaban J connectivity index is 3.11. The molecular formula is C10H10N2O6. The maximum absolute atomic E-state index is 11.0. The Labute approximate surface area is 101 Å². The Hall–Kier alpha value is -2.51. The SMILES string of the molecule is COC(=O)CCc1cccc([N+](=O)[O-])c1[N+](=O)[O-]. The molecule has 8 heteroatoms. The molecule has 8 nitrogen and oxygen atoms in total. The van der Waals surface area contributed by atoms with Gasteiger partial charge in [0.15, 0.2) is 0 Å². The van der Waals surface area contributed by atoms with Crippen LogP contribution < -0.4 is 0 Å². The first kappa shape index (κ1) is 13.6. The summed E-state index contributed by atoms with van der Waals surface area (Å²) in [7, 11) is 1.20. The predicted molar refractivity (Wildman–Crippen MR) is 60.1 cm³/mol. The number of nitrogens with zero attached hydrogens (tertiary/aromatic N) is 2. The fourth-order valence-electron chi connectivity index (χ4n) is 1.48. The molecular weight excluding hydrogens is 244 g/mol. The van der Waals surface area contributed by atoms with Gasteiger partial charge in [-0.05, 0) is 6.42 Å². The van der Waals surface area contributed by atoms with Crippen LogP contribution in [0.1, 0.15) is 12.0 Å². The normalized spacial score (nSPS) is 9.83. The van der Waals surface area contributed by atoms with Crippen molar-refractivity contribution in [2.45, 2.75) is 12.8 Å². The molecule has 0 aliphatic heterocycles. The molecule has 96 valence electrons. The number of nitro groups is 2. The number of para-hydroxylation sites is 1. The molecule has 0 heterocycles. The van der Waals surface area contributed by atoms with E-state index in [2.05, 4.69) is 4.74 Å². The summed E-state index contributed by atoms with van der Waals surface area (Å²) >= 11 is 0. The third-order valence-corrected chi connectivity index (χ3v) is 2.30. The third-order valence-electron chi connectivity index (χ3n) is 2.30. The van der Waals surface area contributed by atoms with E-state index >= 15 is 0 Å². The Morgan fingerprint density at radius 2 is 1.94 bits per heavy atom. The maximum Gasteiger partial charge on any atom is 0.349 e. The minimum Gasteiger partial charge on any atom is -0.469 e. The number of nitro benzene ring substituents is 2. The Bertz CT molecular complexity index is 499. The molecule has 0 saturated heterocycles. The number of carbonyl (C=O) groups is 1. The first-order chi connectivity index (χ1) is 8.47. The van der Waals surface area contributed by atoms with Crippen molar-refractivity contribution in [1.82, 2.24) is 0 Å². The van der Waals surface area contributed by atoms with E-state index in [1.165, 1.54) is 19.2 Å². The van der Waals surface area contributed by atoms with Crippen molar-refractivity contribution >= 4 is 17.3 Å². The van der Waals surface area contributed by atoms with Crippen LogP contribution in [0, 0.1) is 20.2 Å². The number of benzene rings is 1. The zero-order valence-corrected chi connectivity index (χ0v) is 9.49. The van der Waals surface area contributed by atoms with E-state index in [4.69, 9.17) is 0 Å². The van der Waals surface area contributed by atoms with Crippen molar-refractivity contribution in [1.29, 1.82) is 0 Å². The molecule has 0 atom stereocenters. The number of methoxy groups -OCH3 is 1. The lowest BCUT2D eigenvalue weighted by Gasteiger charge is -2.02. The molecule has 0 N–H and O–H groups in total. The number of aryl methyl sites for hydroxylation is 1. The molecule has 0 aliphatic carbocycles. The second-order valence-electron chi connectivity index (χ2n) is 3.38. The van der Waals surface area contributed by atoms with Crippen LogP contribution in [-0.4, -0.2) is 22.9 Å². The lowest BCUT2D eigenvalue weighted by atomic mass is 10.1. The van der Waals surface area contributed by atoms with Gasteiger partial charge >= 0.3 is 17.3 Å². The summed E-state index contributed by atoms with van der Waals surface area (Å²) in [6.07, 6.45) is -0.0524. The fraction of sp³-hybridized carbons (Fsp3) is 0.300. The number of esters is 1. The Morgan fingerprint density at radius 3 is 2.44 bits per heavy atom. The number of rotatable bonds is 5. The van der Waals surface area contributed by atoms with E-state index in [0.717, 1.165) is 6.07 Å². The average molecular weight is 254 g/mol. The van der Waals surface area contributed by atoms with Gasteiger partial charge in [-0.1, -0.05) is 12.1 Å². The van der Waals surface area contributed by atoms with Gasteiger partial charge in [0.05, 0.1) is 17.0 Å². The third kappa shape index (κ3) is 3.00. The van der Waals surface area contributed by atoms with Crippen LogP contribution in [0.25, 0.3) is 0 Å². The fourth-order valence-corrected chi connectivity index (χ4v) is 1.48. The molecule has 0 spiro atoms. The van der Waals surface area contributed by atoms with Gasteiger partial charge in [-0.25, -0.2) is 0 Å². The number of hydrogen-bond donors (Lipinski definition) is 0.